The van der Waals surface area contributed by atoms with Crippen LogP contribution in [0.1, 0.15) is 10.4 Å². The zero-order valence-corrected chi connectivity index (χ0v) is 14.1. The normalized spacial score (nSPS) is 11.2. The molecule has 0 amide bonds. The van der Waals surface area contributed by atoms with Crippen LogP contribution in [0.3, 0.4) is 0 Å². The van der Waals surface area contributed by atoms with Crippen molar-refractivity contribution >= 4 is 38.6 Å². The van der Waals surface area contributed by atoms with Gasteiger partial charge in [-0.05, 0) is 37.9 Å². The maximum absolute atomic E-state index is 11.9. The molecule has 0 aliphatic carbocycles. The number of aldehydes is 1. The molecule has 0 radical (unpaired) electrons. The molecule has 0 N–H and O–H groups in total. The summed E-state index contributed by atoms with van der Waals surface area (Å²) in [5, 5.41) is 7.00. The number of benzene rings is 5. The first-order valence-corrected chi connectivity index (χ1v) is 8.74. The van der Waals surface area contributed by atoms with E-state index in [1.165, 1.54) is 21.5 Å². The Kier molecular flexibility index (Phi) is 3.32. The van der Waals surface area contributed by atoms with Gasteiger partial charge in [-0.2, -0.15) is 0 Å². The molecule has 0 unspecified atom stereocenters. The zero-order chi connectivity index (χ0) is 17.5. The summed E-state index contributed by atoms with van der Waals surface area (Å²) < 4.78 is 0. The van der Waals surface area contributed by atoms with E-state index in [2.05, 4.69) is 72.8 Å². The smallest absolute Gasteiger partial charge is 0.150 e. The van der Waals surface area contributed by atoms with Gasteiger partial charge in [0.15, 0.2) is 6.29 Å². The van der Waals surface area contributed by atoms with Crippen molar-refractivity contribution in [3.8, 4) is 11.1 Å². The Labute approximate surface area is 151 Å². The van der Waals surface area contributed by atoms with Crippen LogP contribution in [0.5, 0.6) is 0 Å². The van der Waals surface area contributed by atoms with Gasteiger partial charge in [0.05, 0.1) is 0 Å². The van der Waals surface area contributed by atoms with Crippen molar-refractivity contribution < 1.29 is 4.79 Å². The molecule has 1 heteroatoms. The molecule has 5 aromatic carbocycles. The number of fused-ring (bicyclic) bond motifs is 4. The predicted octanol–water partition coefficient (Wildman–Crippen LogP) is 6.63. The lowest BCUT2D eigenvalue weighted by Crippen LogP contribution is -1.92. The average molecular weight is 332 g/mol. The summed E-state index contributed by atoms with van der Waals surface area (Å²) in [6, 6.07) is 31.3. The summed E-state index contributed by atoms with van der Waals surface area (Å²) in [5.41, 5.74) is 2.85. The van der Waals surface area contributed by atoms with Crippen LogP contribution in [0.25, 0.3) is 43.4 Å². The Morgan fingerprint density at radius 1 is 0.538 bits per heavy atom. The lowest BCUT2D eigenvalue weighted by molar-refractivity contribution is 0.112. The van der Waals surface area contributed by atoms with E-state index < -0.39 is 0 Å². The van der Waals surface area contributed by atoms with Gasteiger partial charge >= 0.3 is 0 Å². The fourth-order valence-corrected chi connectivity index (χ4v) is 3.95. The minimum atomic E-state index is 0.727. The Balaban J connectivity index is 2.04. The van der Waals surface area contributed by atoms with Crippen LogP contribution >= 0.6 is 0 Å². The first kappa shape index (κ1) is 14.9. The molecule has 0 saturated heterocycles. The fraction of sp³-hybridized carbons (Fsp3) is 0. The number of hydrogen-bond donors (Lipinski definition) is 0. The highest BCUT2D eigenvalue weighted by Crippen LogP contribution is 2.39. The standard InChI is InChI=1S/C25H16O/c26-16-20-15-14-19-13-12-18-7-2-4-10-22(18)24(19)25(20)23-11-5-8-17-6-1-3-9-21(17)23/h1-16H. The summed E-state index contributed by atoms with van der Waals surface area (Å²) in [5.74, 6) is 0. The van der Waals surface area contributed by atoms with Crippen molar-refractivity contribution in [2.75, 3.05) is 0 Å². The Morgan fingerprint density at radius 3 is 1.96 bits per heavy atom. The van der Waals surface area contributed by atoms with Gasteiger partial charge in [-0.1, -0.05) is 91.0 Å². The van der Waals surface area contributed by atoms with E-state index in [4.69, 9.17) is 0 Å². The van der Waals surface area contributed by atoms with E-state index in [1.807, 2.05) is 18.2 Å². The topological polar surface area (TPSA) is 17.1 Å². The highest BCUT2D eigenvalue weighted by molar-refractivity contribution is 6.19. The van der Waals surface area contributed by atoms with Crippen LogP contribution in [-0.2, 0) is 0 Å². The number of carbonyl (C=O) groups is 1. The molecule has 122 valence electrons. The fourth-order valence-electron chi connectivity index (χ4n) is 3.95. The quantitative estimate of drug-likeness (QED) is 0.262. The number of hydrogen-bond acceptors (Lipinski definition) is 1. The third-order valence-electron chi connectivity index (χ3n) is 5.13. The van der Waals surface area contributed by atoms with Crippen molar-refractivity contribution in [1.82, 2.24) is 0 Å². The molecule has 0 aliphatic rings. The minimum Gasteiger partial charge on any atom is -0.298 e. The maximum atomic E-state index is 11.9. The number of rotatable bonds is 2. The summed E-state index contributed by atoms with van der Waals surface area (Å²) in [4.78, 5) is 11.9. The van der Waals surface area contributed by atoms with Gasteiger partial charge in [0.25, 0.3) is 0 Å². The van der Waals surface area contributed by atoms with E-state index in [0.717, 1.165) is 33.7 Å². The summed E-state index contributed by atoms with van der Waals surface area (Å²) in [7, 11) is 0. The van der Waals surface area contributed by atoms with E-state index in [9.17, 15) is 4.79 Å². The van der Waals surface area contributed by atoms with Crippen LogP contribution in [0.4, 0.5) is 0 Å². The van der Waals surface area contributed by atoms with Crippen molar-refractivity contribution in [2.24, 2.45) is 0 Å². The van der Waals surface area contributed by atoms with Gasteiger partial charge in [0.2, 0.25) is 0 Å². The Bertz CT molecular complexity index is 1290. The molecule has 0 saturated carbocycles. The summed E-state index contributed by atoms with van der Waals surface area (Å²) in [6.45, 7) is 0. The van der Waals surface area contributed by atoms with Gasteiger partial charge in [0, 0.05) is 11.1 Å². The Morgan fingerprint density at radius 2 is 1.15 bits per heavy atom. The maximum Gasteiger partial charge on any atom is 0.150 e. The van der Waals surface area contributed by atoms with Crippen LogP contribution in [0, 0.1) is 0 Å². The molecule has 5 aromatic rings. The van der Waals surface area contributed by atoms with Crippen LogP contribution in [0.15, 0.2) is 91.0 Å². The van der Waals surface area contributed by atoms with E-state index in [-0.39, 0.29) is 0 Å². The molecule has 0 bridgehead atoms. The largest absolute Gasteiger partial charge is 0.298 e. The van der Waals surface area contributed by atoms with Gasteiger partial charge < -0.3 is 0 Å². The van der Waals surface area contributed by atoms with Crippen LogP contribution in [0.2, 0.25) is 0 Å². The second-order valence-corrected chi connectivity index (χ2v) is 6.56. The zero-order valence-electron chi connectivity index (χ0n) is 14.1. The van der Waals surface area contributed by atoms with E-state index in [1.54, 1.807) is 0 Å². The highest BCUT2D eigenvalue weighted by Gasteiger charge is 2.14. The first-order valence-electron chi connectivity index (χ1n) is 8.74. The monoisotopic (exact) mass is 332 g/mol. The first-order chi connectivity index (χ1) is 12.9. The predicted molar refractivity (Wildman–Crippen MR) is 110 cm³/mol. The third kappa shape index (κ3) is 2.14. The van der Waals surface area contributed by atoms with Crippen molar-refractivity contribution in [3.05, 3.63) is 96.6 Å². The molecular formula is C25H16O. The van der Waals surface area contributed by atoms with Crippen LogP contribution in [-0.4, -0.2) is 6.29 Å². The Hall–Kier alpha value is -3.45. The van der Waals surface area contributed by atoms with E-state index in [0.29, 0.717) is 0 Å². The highest BCUT2D eigenvalue weighted by atomic mass is 16.1. The van der Waals surface area contributed by atoms with Crippen LogP contribution < -0.4 is 0 Å². The molecular weight excluding hydrogens is 316 g/mol. The molecule has 0 spiro atoms. The summed E-state index contributed by atoms with van der Waals surface area (Å²) in [6.07, 6.45) is 0.971. The molecule has 0 atom stereocenters. The second kappa shape index (κ2) is 5.82. The minimum absolute atomic E-state index is 0.727. The third-order valence-corrected chi connectivity index (χ3v) is 5.13. The molecule has 0 heterocycles. The summed E-state index contributed by atoms with van der Waals surface area (Å²) >= 11 is 0. The van der Waals surface area contributed by atoms with Gasteiger partial charge in [-0.3, -0.25) is 4.79 Å². The van der Waals surface area contributed by atoms with Crippen molar-refractivity contribution in [2.45, 2.75) is 0 Å². The molecule has 0 aromatic heterocycles. The van der Waals surface area contributed by atoms with Gasteiger partial charge in [-0.25, -0.2) is 0 Å². The van der Waals surface area contributed by atoms with Gasteiger partial charge in [0.1, 0.15) is 0 Å². The average Bonchev–Trinajstić information content (AvgIpc) is 2.72. The molecule has 1 nitrogen and oxygen atoms in total. The number of carbonyl (C=O) groups excluding carboxylic acids is 1. The van der Waals surface area contributed by atoms with Gasteiger partial charge in [-0.15, -0.1) is 0 Å². The SMILES string of the molecule is O=Cc1ccc2ccc3ccccc3c2c1-c1cccc2ccccc12. The van der Waals surface area contributed by atoms with Crippen molar-refractivity contribution in [3.63, 3.8) is 0 Å². The molecule has 0 aliphatic heterocycles. The van der Waals surface area contributed by atoms with Crippen molar-refractivity contribution in [1.29, 1.82) is 0 Å². The molecule has 5 rings (SSSR count). The lowest BCUT2D eigenvalue weighted by Gasteiger charge is -2.15. The second-order valence-electron chi connectivity index (χ2n) is 6.56. The van der Waals surface area contributed by atoms with E-state index >= 15 is 0 Å². The molecule has 26 heavy (non-hydrogen) atoms. The lowest BCUT2D eigenvalue weighted by atomic mass is 9.88. The molecule has 0 fully saturated rings.